The van der Waals surface area contributed by atoms with Crippen LogP contribution < -0.4 is 0 Å². The Kier molecular flexibility index (Phi) is 7.98. The molecule has 3 fully saturated rings. The largest absolute Gasteiger partial charge is 0.481 e. The summed E-state index contributed by atoms with van der Waals surface area (Å²) < 4.78 is 0. The lowest BCUT2D eigenvalue weighted by atomic mass is 9.70. The number of aliphatic carboxylic acids is 1. The summed E-state index contributed by atoms with van der Waals surface area (Å²) in [5.74, 6) is 1.99. The first-order valence-electron chi connectivity index (χ1n) is 11.8. The highest BCUT2D eigenvalue weighted by molar-refractivity contribution is 5.70. The van der Waals surface area contributed by atoms with Crippen LogP contribution >= 0.6 is 0 Å². The Bertz CT molecular complexity index is 608. The van der Waals surface area contributed by atoms with Crippen LogP contribution in [0.15, 0.2) is 23.8 Å². The molecule has 29 heavy (non-hydrogen) atoms. The summed E-state index contributed by atoms with van der Waals surface area (Å²) in [6.45, 7) is 4.56. The van der Waals surface area contributed by atoms with E-state index >= 15 is 0 Å². The van der Waals surface area contributed by atoms with Crippen LogP contribution in [0, 0.1) is 41.4 Å². The van der Waals surface area contributed by atoms with Gasteiger partial charge in [-0.3, -0.25) is 4.79 Å². The quantitative estimate of drug-likeness (QED) is 0.507. The molecule has 0 aromatic heterocycles. The topological polar surface area (TPSA) is 77.8 Å². The lowest BCUT2D eigenvalue weighted by Gasteiger charge is -2.34. The van der Waals surface area contributed by atoms with E-state index in [9.17, 15) is 15.0 Å². The van der Waals surface area contributed by atoms with Crippen molar-refractivity contribution in [2.24, 2.45) is 41.4 Å². The first-order chi connectivity index (χ1) is 13.9. The van der Waals surface area contributed by atoms with Gasteiger partial charge in [0, 0.05) is 5.92 Å². The number of fused-ring (bicyclic) bond motifs is 1. The number of aliphatic hydroxyl groups excluding tert-OH is 2. The van der Waals surface area contributed by atoms with Crippen LogP contribution in [-0.2, 0) is 4.79 Å². The number of hydrogen-bond acceptors (Lipinski definition) is 3. The molecule has 0 aromatic rings. The molecular weight excluding hydrogens is 364 g/mol. The average Bonchev–Trinajstić information content (AvgIpc) is 3.19. The molecule has 3 aliphatic carbocycles. The number of carboxylic acids is 1. The van der Waals surface area contributed by atoms with Gasteiger partial charge in [0.1, 0.15) is 0 Å². The van der Waals surface area contributed by atoms with Crippen molar-refractivity contribution in [3.05, 3.63) is 23.8 Å². The molecule has 3 N–H and O–H groups in total. The van der Waals surface area contributed by atoms with E-state index in [4.69, 9.17) is 5.11 Å². The molecule has 0 saturated heterocycles. The molecule has 164 valence electrons. The molecule has 3 saturated carbocycles. The van der Waals surface area contributed by atoms with E-state index in [1.807, 2.05) is 6.08 Å². The van der Waals surface area contributed by atoms with Crippen LogP contribution in [-0.4, -0.2) is 34.0 Å². The van der Waals surface area contributed by atoms with Gasteiger partial charge in [0.2, 0.25) is 0 Å². The lowest BCUT2D eigenvalue weighted by Crippen LogP contribution is -2.30. The van der Waals surface area contributed by atoms with E-state index in [2.05, 4.69) is 19.9 Å². The van der Waals surface area contributed by atoms with Crippen molar-refractivity contribution < 1.29 is 20.1 Å². The fourth-order valence-electron chi connectivity index (χ4n) is 6.42. The third-order valence-electron chi connectivity index (χ3n) is 8.07. The van der Waals surface area contributed by atoms with Crippen LogP contribution in [0.4, 0.5) is 0 Å². The highest BCUT2D eigenvalue weighted by Crippen LogP contribution is 2.50. The summed E-state index contributed by atoms with van der Waals surface area (Å²) in [7, 11) is 0. The molecule has 0 heterocycles. The van der Waals surface area contributed by atoms with Gasteiger partial charge in [-0.1, -0.05) is 50.5 Å². The minimum absolute atomic E-state index is 0.0265. The van der Waals surface area contributed by atoms with Gasteiger partial charge in [-0.2, -0.15) is 0 Å². The molecular formula is C25H40O4. The van der Waals surface area contributed by atoms with E-state index in [1.54, 1.807) is 6.08 Å². The van der Waals surface area contributed by atoms with Gasteiger partial charge in [0.25, 0.3) is 0 Å². The Labute approximate surface area is 176 Å². The molecule has 3 rings (SSSR count). The van der Waals surface area contributed by atoms with Crippen LogP contribution in [0.2, 0.25) is 0 Å². The highest BCUT2D eigenvalue weighted by Gasteiger charge is 2.45. The molecule has 7 atom stereocenters. The minimum atomic E-state index is -0.613. The van der Waals surface area contributed by atoms with Crippen molar-refractivity contribution in [2.45, 2.75) is 77.7 Å². The smallest absolute Gasteiger partial charge is 0.306 e. The highest BCUT2D eigenvalue weighted by atomic mass is 16.4. The minimum Gasteiger partial charge on any atom is -0.481 e. The number of carbonyl (C=O) groups is 1. The Balaban J connectivity index is 1.54. The number of carboxylic acid groups (broad SMARTS) is 1. The van der Waals surface area contributed by atoms with E-state index in [1.165, 1.54) is 18.4 Å². The molecule has 4 nitrogen and oxygen atoms in total. The lowest BCUT2D eigenvalue weighted by molar-refractivity contribution is -0.144. The van der Waals surface area contributed by atoms with Gasteiger partial charge in [0.05, 0.1) is 18.6 Å². The fourth-order valence-corrected chi connectivity index (χ4v) is 6.42. The molecule has 3 unspecified atom stereocenters. The van der Waals surface area contributed by atoms with E-state index in [0.29, 0.717) is 29.6 Å². The number of aliphatic hydroxyl groups is 2. The zero-order chi connectivity index (χ0) is 21.0. The van der Waals surface area contributed by atoms with Crippen molar-refractivity contribution in [1.29, 1.82) is 0 Å². The Morgan fingerprint density at radius 1 is 1.17 bits per heavy atom. The normalized spacial score (nSPS) is 37.5. The zero-order valence-electron chi connectivity index (χ0n) is 18.2. The third-order valence-corrected chi connectivity index (χ3v) is 8.07. The molecule has 0 amide bonds. The number of hydrogen-bond donors (Lipinski definition) is 3. The van der Waals surface area contributed by atoms with E-state index in [0.717, 1.165) is 44.9 Å². The molecule has 0 spiro atoms. The molecule has 0 radical (unpaired) electrons. The van der Waals surface area contributed by atoms with E-state index < -0.39 is 5.97 Å². The van der Waals surface area contributed by atoms with Gasteiger partial charge in [-0.25, -0.2) is 0 Å². The SMILES string of the molecule is CC(C)C1CCCC(C(CCC=C2C[C@@H]3C[C@@H](O)[C@H](C=CCO)[C@H]3C2)C(=O)O)C1. The van der Waals surface area contributed by atoms with Crippen molar-refractivity contribution in [1.82, 2.24) is 0 Å². The molecule has 4 heteroatoms. The summed E-state index contributed by atoms with van der Waals surface area (Å²) in [6, 6.07) is 0. The van der Waals surface area contributed by atoms with Crippen molar-refractivity contribution >= 4 is 5.97 Å². The third kappa shape index (κ3) is 5.52. The van der Waals surface area contributed by atoms with Gasteiger partial charge >= 0.3 is 5.97 Å². The summed E-state index contributed by atoms with van der Waals surface area (Å²) >= 11 is 0. The van der Waals surface area contributed by atoms with Crippen LogP contribution in [0.3, 0.4) is 0 Å². The van der Waals surface area contributed by atoms with Crippen molar-refractivity contribution in [2.75, 3.05) is 6.61 Å². The second kappa shape index (κ2) is 10.3. The zero-order valence-corrected chi connectivity index (χ0v) is 18.2. The maximum Gasteiger partial charge on any atom is 0.306 e. The fraction of sp³-hybridized carbons (Fsp3) is 0.800. The Hall–Kier alpha value is -1.13. The predicted octanol–water partition coefficient (Wildman–Crippen LogP) is 4.81. The summed E-state index contributed by atoms with van der Waals surface area (Å²) in [5.41, 5.74) is 1.45. The number of allylic oxidation sites excluding steroid dienone is 2. The van der Waals surface area contributed by atoms with Gasteiger partial charge in [-0.05, 0) is 74.5 Å². The predicted molar refractivity (Wildman–Crippen MR) is 115 cm³/mol. The monoisotopic (exact) mass is 404 g/mol. The van der Waals surface area contributed by atoms with Crippen molar-refractivity contribution in [3.63, 3.8) is 0 Å². The van der Waals surface area contributed by atoms with Crippen LogP contribution in [0.1, 0.15) is 71.6 Å². The second-order valence-electron chi connectivity index (χ2n) is 10.1. The molecule has 0 aliphatic heterocycles. The number of rotatable bonds is 8. The first-order valence-corrected chi connectivity index (χ1v) is 11.8. The standard InChI is InChI=1S/C25H40O4/c1-16(2)18-7-4-8-19(14-18)21(25(28)29)9-3-6-17-12-20-15-24(27)22(10-5-11-26)23(20)13-17/h5-6,10,16,18-24,26-27H,3-4,7-9,11-15H2,1-2H3,(H,28,29)/t18?,19?,20-,21?,22-,23+,24-/m1/s1. The van der Waals surface area contributed by atoms with E-state index in [-0.39, 0.29) is 24.5 Å². The summed E-state index contributed by atoms with van der Waals surface area (Å²) in [4.78, 5) is 12.0. The van der Waals surface area contributed by atoms with Crippen molar-refractivity contribution in [3.8, 4) is 0 Å². The summed E-state index contributed by atoms with van der Waals surface area (Å²) in [6.07, 6.45) is 14.8. The van der Waals surface area contributed by atoms with Crippen LogP contribution in [0.5, 0.6) is 0 Å². The Morgan fingerprint density at radius 2 is 1.93 bits per heavy atom. The van der Waals surface area contributed by atoms with Gasteiger partial charge in [0.15, 0.2) is 0 Å². The molecule has 0 aromatic carbocycles. The maximum absolute atomic E-state index is 12.0. The van der Waals surface area contributed by atoms with Crippen LogP contribution in [0.25, 0.3) is 0 Å². The Morgan fingerprint density at radius 3 is 2.62 bits per heavy atom. The molecule has 0 bridgehead atoms. The average molecular weight is 405 g/mol. The van der Waals surface area contributed by atoms with Gasteiger partial charge in [-0.15, -0.1) is 0 Å². The first kappa shape index (κ1) is 22.6. The summed E-state index contributed by atoms with van der Waals surface area (Å²) in [5, 5.41) is 29.2. The van der Waals surface area contributed by atoms with Gasteiger partial charge < -0.3 is 15.3 Å². The maximum atomic E-state index is 12.0. The molecule has 3 aliphatic rings. The second-order valence-corrected chi connectivity index (χ2v) is 10.1.